The molecule has 1 saturated heterocycles. The van der Waals surface area contributed by atoms with Crippen LogP contribution in [0.2, 0.25) is 5.02 Å². The van der Waals surface area contributed by atoms with Crippen LogP contribution in [0.3, 0.4) is 0 Å². The lowest BCUT2D eigenvalue weighted by molar-refractivity contribution is -0.139. The second-order valence-corrected chi connectivity index (χ2v) is 8.59. The zero-order chi connectivity index (χ0) is 22.9. The number of amides is 1. The number of carbonyl (C=O) groups excluding carboxylic acids is 2. The molecule has 2 aromatic rings. The van der Waals surface area contributed by atoms with E-state index in [2.05, 4.69) is 0 Å². The zero-order valence-electron chi connectivity index (χ0n) is 18.1. The molecule has 6 nitrogen and oxygen atoms in total. The van der Waals surface area contributed by atoms with Crippen molar-refractivity contribution < 1.29 is 19.8 Å². The van der Waals surface area contributed by atoms with Gasteiger partial charge in [-0.25, -0.2) is 0 Å². The average Bonchev–Trinajstić information content (AvgIpc) is 2.95. The number of aromatic hydroxyl groups is 1. The molecule has 1 amide bonds. The molecule has 1 aliphatic heterocycles. The first kappa shape index (κ1) is 22.8. The van der Waals surface area contributed by atoms with Crippen molar-refractivity contribution in [2.24, 2.45) is 0 Å². The molecule has 0 aromatic heterocycles. The van der Waals surface area contributed by atoms with Gasteiger partial charge in [-0.2, -0.15) is 0 Å². The van der Waals surface area contributed by atoms with Crippen LogP contribution in [0.25, 0.3) is 5.76 Å². The Morgan fingerprint density at radius 3 is 2.45 bits per heavy atom. The Kier molecular flexibility index (Phi) is 6.72. The van der Waals surface area contributed by atoms with Crippen molar-refractivity contribution >= 4 is 29.1 Å². The molecule has 0 unspecified atom stereocenters. The van der Waals surface area contributed by atoms with Crippen LogP contribution in [0, 0.1) is 13.8 Å². The van der Waals surface area contributed by atoms with Crippen LogP contribution >= 0.6 is 11.6 Å². The number of aliphatic hydroxyl groups is 1. The molecule has 1 heterocycles. The number of hydrogen-bond acceptors (Lipinski definition) is 5. The SMILES string of the molecule is Cc1cc(O)c(C(O)=C2C(=O)C(=O)N(CCCN(C)C)[C@H]2c2cccc(Cl)c2)cc1C. The number of benzene rings is 2. The summed E-state index contributed by atoms with van der Waals surface area (Å²) in [7, 11) is 3.87. The van der Waals surface area contributed by atoms with Gasteiger partial charge in [-0.1, -0.05) is 23.7 Å². The third kappa shape index (κ3) is 4.60. The molecular weight excluding hydrogens is 416 g/mol. The number of phenols is 1. The number of phenolic OH excluding ortho intramolecular Hbond substituents is 1. The highest BCUT2D eigenvalue weighted by Gasteiger charge is 2.46. The smallest absolute Gasteiger partial charge is 0.295 e. The molecule has 1 fully saturated rings. The summed E-state index contributed by atoms with van der Waals surface area (Å²) in [6.45, 7) is 4.77. The summed E-state index contributed by atoms with van der Waals surface area (Å²) in [4.78, 5) is 29.4. The third-order valence-corrected chi connectivity index (χ3v) is 5.81. The van der Waals surface area contributed by atoms with Gasteiger partial charge in [-0.05, 0) is 81.9 Å². The lowest BCUT2D eigenvalue weighted by Gasteiger charge is -2.26. The van der Waals surface area contributed by atoms with Crippen molar-refractivity contribution in [3.8, 4) is 5.75 Å². The van der Waals surface area contributed by atoms with Crippen LogP contribution in [0.5, 0.6) is 5.75 Å². The Balaban J connectivity index is 2.16. The van der Waals surface area contributed by atoms with E-state index in [9.17, 15) is 19.8 Å². The number of rotatable bonds is 6. The van der Waals surface area contributed by atoms with Gasteiger partial charge in [-0.3, -0.25) is 9.59 Å². The van der Waals surface area contributed by atoms with Crippen molar-refractivity contribution in [1.82, 2.24) is 9.80 Å². The fraction of sp³-hybridized carbons (Fsp3) is 0.333. The van der Waals surface area contributed by atoms with Gasteiger partial charge in [0.25, 0.3) is 11.7 Å². The normalized spacial score (nSPS) is 18.3. The van der Waals surface area contributed by atoms with E-state index in [0.29, 0.717) is 23.6 Å². The second-order valence-electron chi connectivity index (χ2n) is 8.16. The van der Waals surface area contributed by atoms with Gasteiger partial charge < -0.3 is 20.0 Å². The Labute approximate surface area is 187 Å². The van der Waals surface area contributed by atoms with Gasteiger partial charge in [0.05, 0.1) is 17.2 Å². The maximum Gasteiger partial charge on any atom is 0.295 e. The molecule has 1 aliphatic rings. The molecule has 3 rings (SSSR count). The first-order valence-electron chi connectivity index (χ1n) is 10.1. The number of aryl methyl sites for hydroxylation is 2. The molecule has 31 heavy (non-hydrogen) atoms. The Bertz CT molecular complexity index is 1060. The van der Waals surface area contributed by atoms with E-state index >= 15 is 0 Å². The van der Waals surface area contributed by atoms with Crippen LogP contribution in [0.1, 0.15) is 34.7 Å². The number of Topliss-reactive ketones (excluding diaryl/α,β-unsaturated/α-hetero) is 1. The summed E-state index contributed by atoms with van der Waals surface area (Å²) in [5, 5.41) is 22.0. The zero-order valence-corrected chi connectivity index (χ0v) is 18.9. The number of hydrogen-bond donors (Lipinski definition) is 2. The summed E-state index contributed by atoms with van der Waals surface area (Å²) < 4.78 is 0. The maximum absolute atomic E-state index is 13.0. The standard InChI is InChI=1S/C24H27ClN2O4/c1-14-11-18(19(28)12-15(14)2)22(29)20-21(16-7-5-8-17(25)13-16)27(24(31)23(20)30)10-6-9-26(3)4/h5,7-8,11-13,21,28-29H,6,9-10H2,1-4H3/t21-/m0/s1. The quantitative estimate of drug-likeness (QED) is 0.401. The molecule has 2 aromatic carbocycles. The van der Waals surface area contributed by atoms with E-state index < -0.39 is 17.7 Å². The van der Waals surface area contributed by atoms with Crippen LogP contribution in [-0.2, 0) is 9.59 Å². The lowest BCUT2D eigenvalue weighted by Crippen LogP contribution is -2.32. The predicted octanol–water partition coefficient (Wildman–Crippen LogP) is 4.04. The monoisotopic (exact) mass is 442 g/mol. The number of ketones is 1. The molecular formula is C24H27ClN2O4. The minimum atomic E-state index is -0.790. The summed E-state index contributed by atoms with van der Waals surface area (Å²) in [5.74, 6) is -1.98. The molecule has 0 saturated carbocycles. The van der Waals surface area contributed by atoms with E-state index in [0.717, 1.165) is 17.7 Å². The molecule has 7 heteroatoms. The first-order valence-corrected chi connectivity index (χ1v) is 10.5. The van der Waals surface area contributed by atoms with Gasteiger partial charge in [0.2, 0.25) is 0 Å². The Hall–Kier alpha value is -2.83. The first-order chi connectivity index (χ1) is 14.6. The third-order valence-electron chi connectivity index (χ3n) is 5.58. The van der Waals surface area contributed by atoms with Crippen molar-refractivity contribution in [3.63, 3.8) is 0 Å². The predicted molar refractivity (Wildman–Crippen MR) is 121 cm³/mol. The largest absolute Gasteiger partial charge is 0.507 e. The van der Waals surface area contributed by atoms with Crippen molar-refractivity contribution in [2.45, 2.75) is 26.3 Å². The highest BCUT2D eigenvalue weighted by Crippen LogP contribution is 2.41. The summed E-state index contributed by atoms with van der Waals surface area (Å²) >= 11 is 6.18. The van der Waals surface area contributed by atoms with Gasteiger partial charge >= 0.3 is 0 Å². The van der Waals surface area contributed by atoms with E-state index in [1.165, 1.54) is 11.0 Å². The number of likely N-dealkylation sites (tertiary alicyclic amines) is 1. The Morgan fingerprint density at radius 2 is 1.81 bits per heavy atom. The highest BCUT2D eigenvalue weighted by atomic mass is 35.5. The van der Waals surface area contributed by atoms with Crippen LogP contribution in [0.4, 0.5) is 0 Å². The fourth-order valence-corrected chi connectivity index (χ4v) is 4.03. The molecule has 2 N–H and O–H groups in total. The van der Waals surface area contributed by atoms with Gasteiger partial charge in [0.1, 0.15) is 11.5 Å². The minimum absolute atomic E-state index is 0.0457. The maximum atomic E-state index is 13.0. The molecule has 1 atom stereocenters. The van der Waals surface area contributed by atoms with Crippen molar-refractivity contribution in [3.05, 3.63) is 69.2 Å². The minimum Gasteiger partial charge on any atom is -0.507 e. The Morgan fingerprint density at radius 1 is 1.13 bits per heavy atom. The second kappa shape index (κ2) is 9.12. The van der Waals surface area contributed by atoms with Crippen molar-refractivity contribution in [1.29, 1.82) is 0 Å². The topological polar surface area (TPSA) is 81.1 Å². The number of carbonyl (C=O) groups is 2. The van der Waals surface area contributed by atoms with E-state index in [-0.39, 0.29) is 22.6 Å². The molecule has 0 spiro atoms. The summed E-state index contributed by atoms with van der Waals surface area (Å²) in [6, 6.07) is 9.27. The summed E-state index contributed by atoms with van der Waals surface area (Å²) in [5.41, 5.74) is 2.40. The number of nitrogens with zero attached hydrogens (tertiary/aromatic N) is 2. The van der Waals surface area contributed by atoms with Crippen LogP contribution < -0.4 is 0 Å². The number of halogens is 1. The van der Waals surface area contributed by atoms with Crippen molar-refractivity contribution in [2.75, 3.05) is 27.2 Å². The average molecular weight is 443 g/mol. The van der Waals surface area contributed by atoms with E-state index in [4.69, 9.17) is 11.6 Å². The lowest BCUT2D eigenvalue weighted by atomic mass is 9.94. The summed E-state index contributed by atoms with van der Waals surface area (Å²) in [6.07, 6.45) is 0.659. The van der Waals surface area contributed by atoms with Crippen LogP contribution in [0.15, 0.2) is 42.0 Å². The highest BCUT2D eigenvalue weighted by molar-refractivity contribution is 6.46. The van der Waals surface area contributed by atoms with Crippen LogP contribution in [-0.4, -0.2) is 58.9 Å². The molecule has 164 valence electrons. The molecule has 0 radical (unpaired) electrons. The van der Waals surface area contributed by atoms with Gasteiger partial charge in [0, 0.05) is 11.6 Å². The van der Waals surface area contributed by atoms with Gasteiger partial charge in [0.15, 0.2) is 0 Å². The van der Waals surface area contributed by atoms with E-state index in [1.807, 2.05) is 32.8 Å². The fourth-order valence-electron chi connectivity index (χ4n) is 3.83. The molecule has 0 bridgehead atoms. The molecule has 0 aliphatic carbocycles. The van der Waals surface area contributed by atoms with E-state index in [1.54, 1.807) is 30.3 Å². The number of aliphatic hydroxyl groups excluding tert-OH is 1. The van der Waals surface area contributed by atoms with Gasteiger partial charge in [-0.15, -0.1) is 0 Å².